The molecule has 1 aliphatic heterocycles. The second-order valence-corrected chi connectivity index (χ2v) is 10.1. The molecule has 3 aliphatic rings. The molecule has 4 atom stereocenters. The van der Waals surface area contributed by atoms with E-state index in [0.717, 1.165) is 56.5 Å². The van der Waals surface area contributed by atoms with Gasteiger partial charge in [-0.3, -0.25) is 4.79 Å². The van der Waals surface area contributed by atoms with E-state index in [-0.39, 0.29) is 5.92 Å². The molecule has 1 saturated carbocycles. The number of hydrogen-bond donors (Lipinski definition) is 3. The van der Waals surface area contributed by atoms with Crippen LogP contribution >= 0.6 is 0 Å². The van der Waals surface area contributed by atoms with Gasteiger partial charge in [0.2, 0.25) is 5.91 Å². The van der Waals surface area contributed by atoms with Crippen molar-refractivity contribution in [3.8, 4) is 0 Å². The van der Waals surface area contributed by atoms with Crippen molar-refractivity contribution < 1.29 is 4.79 Å². The Kier molecular flexibility index (Phi) is 7.63. The lowest BCUT2D eigenvalue weighted by Gasteiger charge is -2.30. The highest BCUT2D eigenvalue weighted by molar-refractivity contribution is 5.84. The van der Waals surface area contributed by atoms with Crippen molar-refractivity contribution in [3.63, 3.8) is 0 Å². The highest BCUT2D eigenvalue weighted by atomic mass is 16.2. The van der Waals surface area contributed by atoms with Gasteiger partial charge in [0, 0.05) is 49.2 Å². The van der Waals surface area contributed by atoms with Crippen LogP contribution in [0.4, 0.5) is 5.69 Å². The third-order valence-corrected chi connectivity index (χ3v) is 7.39. The fourth-order valence-electron chi connectivity index (χ4n) is 5.51. The summed E-state index contributed by atoms with van der Waals surface area (Å²) in [6.07, 6.45) is 14.1. The van der Waals surface area contributed by atoms with Crippen LogP contribution in [0.2, 0.25) is 0 Å². The average Bonchev–Trinajstić information content (AvgIpc) is 3.42. The van der Waals surface area contributed by atoms with Gasteiger partial charge in [0.1, 0.15) is 0 Å². The molecule has 1 aromatic carbocycles. The number of amides is 1. The first-order valence-corrected chi connectivity index (χ1v) is 12.8. The quantitative estimate of drug-likeness (QED) is 0.381. The van der Waals surface area contributed by atoms with Crippen LogP contribution in [0.25, 0.3) is 5.57 Å². The maximum atomic E-state index is 13.4. The molecule has 0 spiro atoms. The van der Waals surface area contributed by atoms with Gasteiger partial charge in [-0.25, -0.2) is 5.84 Å². The largest absolute Gasteiger partial charge is 0.401 e. The molecular formula is C27H41N5O. The van der Waals surface area contributed by atoms with Crippen LogP contribution in [0.3, 0.4) is 0 Å². The Morgan fingerprint density at radius 1 is 1.30 bits per heavy atom. The van der Waals surface area contributed by atoms with Crippen LogP contribution in [0.1, 0.15) is 70.3 Å². The van der Waals surface area contributed by atoms with Crippen molar-refractivity contribution in [2.75, 3.05) is 18.9 Å². The van der Waals surface area contributed by atoms with E-state index in [9.17, 15) is 4.79 Å². The zero-order valence-corrected chi connectivity index (χ0v) is 20.3. The topological polar surface area (TPSA) is 87.6 Å². The molecular weight excluding hydrogens is 410 g/mol. The molecule has 0 radical (unpaired) electrons. The Hall–Kier alpha value is -2.47. The highest BCUT2D eigenvalue weighted by Gasteiger charge is 2.39. The van der Waals surface area contributed by atoms with Gasteiger partial charge in [0.25, 0.3) is 0 Å². The average molecular weight is 452 g/mol. The number of hydrogen-bond acceptors (Lipinski definition) is 5. The molecule has 2 fully saturated rings. The summed E-state index contributed by atoms with van der Waals surface area (Å²) in [5, 5.41) is 5.13. The van der Waals surface area contributed by atoms with Crippen molar-refractivity contribution in [3.05, 3.63) is 47.8 Å². The van der Waals surface area contributed by atoms with Gasteiger partial charge in [0.15, 0.2) is 0 Å². The monoisotopic (exact) mass is 451 g/mol. The van der Waals surface area contributed by atoms with E-state index in [4.69, 9.17) is 11.6 Å². The number of likely N-dealkylation sites (tertiary alicyclic amines) is 1. The van der Waals surface area contributed by atoms with Crippen molar-refractivity contribution in [1.29, 1.82) is 0 Å². The van der Waals surface area contributed by atoms with E-state index in [2.05, 4.69) is 47.5 Å². The molecule has 6 heteroatoms. The third kappa shape index (κ3) is 5.91. The van der Waals surface area contributed by atoms with E-state index < -0.39 is 0 Å². The minimum absolute atomic E-state index is 0.0265. The molecule has 1 aromatic rings. The summed E-state index contributed by atoms with van der Waals surface area (Å²) in [6, 6.07) is 9.42. The SMILES string of the molecule is CCCCC1CCCN1C(=O)C1C=C(c2cccc(NC3CC3/C(N)=C/N(C)N)c2)CCC1. The van der Waals surface area contributed by atoms with Crippen molar-refractivity contribution >= 4 is 17.2 Å². The van der Waals surface area contributed by atoms with Crippen LogP contribution in [0.15, 0.2) is 42.2 Å². The van der Waals surface area contributed by atoms with Crippen LogP contribution in [-0.2, 0) is 4.79 Å². The second kappa shape index (κ2) is 10.6. The third-order valence-electron chi connectivity index (χ3n) is 7.39. The van der Waals surface area contributed by atoms with E-state index in [0.29, 0.717) is 23.9 Å². The summed E-state index contributed by atoms with van der Waals surface area (Å²) in [6.45, 7) is 3.17. The number of benzene rings is 1. The number of nitrogens with one attached hydrogen (secondary N) is 1. The Morgan fingerprint density at radius 3 is 2.94 bits per heavy atom. The van der Waals surface area contributed by atoms with Crippen molar-refractivity contribution in [1.82, 2.24) is 9.91 Å². The fourth-order valence-corrected chi connectivity index (χ4v) is 5.51. The van der Waals surface area contributed by atoms with Crippen molar-refractivity contribution in [2.24, 2.45) is 23.4 Å². The fraction of sp³-hybridized carbons (Fsp3) is 0.593. The minimum atomic E-state index is 0.0265. The lowest BCUT2D eigenvalue weighted by molar-refractivity contribution is -0.135. The predicted octanol–water partition coefficient (Wildman–Crippen LogP) is 4.46. The summed E-state index contributed by atoms with van der Waals surface area (Å²) >= 11 is 0. The molecule has 2 aliphatic carbocycles. The molecule has 4 unspecified atom stereocenters. The molecule has 180 valence electrons. The Balaban J connectivity index is 1.41. The van der Waals surface area contributed by atoms with Gasteiger partial charge < -0.3 is 21.0 Å². The van der Waals surface area contributed by atoms with Crippen LogP contribution in [-0.4, -0.2) is 41.5 Å². The molecule has 0 aromatic heterocycles. The second-order valence-electron chi connectivity index (χ2n) is 10.1. The van der Waals surface area contributed by atoms with E-state index >= 15 is 0 Å². The molecule has 1 saturated heterocycles. The lowest BCUT2D eigenvalue weighted by Crippen LogP contribution is -2.39. The number of hydrazine groups is 1. The number of nitrogens with zero attached hydrogens (tertiary/aromatic N) is 2. The summed E-state index contributed by atoms with van der Waals surface area (Å²) in [7, 11) is 1.78. The first kappa shape index (κ1) is 23.7. The Labute approximate surface area is 199 Å². The van der Waals surface area contributed by atoms with Gasteiger partial charge in [-0.1, -0.05) is 38.0 Å². The number of carbonyl (C=O) groups is 1. The number of rotatable bonds is 9. The lowest BCUT2D eigenvalue weighted by atomic mass is 9.86. The molecule has 1 amide bonds. The van der Waals surface area contributed by atoms with Crippen LogP contribution in [0, 0.1) is 11.8 Å². The number of allylic oxidation sites excluding steroid dienone is 1. The number of anilines is 1. The molecule has 33 heavy (non-hydrogen) atoms. The Morgan fingerprint density at radius 2 is 2.15 bits per heavy atom. The number of carbonyl (C=O) groups excluding carboxylic acids is 1. The van der Waals surface area contributed by atoms with Gasteiger partial charge in [0.05, 0.1) is 5.92 Å². The standard InChI is InChI=1S/C27H41N5O/c1-3-4-12-23-13-7-14-32(23)27(33)21-10-5-8-19(15-21)20-9-6-11-22(16-20)30-26-17-24(26)25(28)18-31(2)29/h6,9,11,15-16,18,21,23-24,26,30H,3-5,7-8,10,12-14,17,28-29H2,1-2H3/b25-18-. The van der Waals surface area contributed by atoms with Gasteiger partial charge in [-0.05, 0) is 68.2 Å². The van der Waals surface area contributed by atoms with E-state index in [1.165, 1.54) is 35.4 Å². The summed E-state index contributed by atoms with van der Waals surface area (Å²) in [5.74, 6) is 6.40. The molecule has 1 heterocycles. The minimum Gasteiger partial charge on any atom is -0.401 e. The summed E-state index contributed by atoms with van der Waals surface area (Å²) in [5.41, 5.74) is 10.6. The first-order chi connectivity index (χ1) is 16.0. The van der Waals surface area contributed by atoms with Crippen molar-refractivity contribution in [2.45, 2.75) is 76.8 Å². The summed E-state index contributed by atoms with van der Waals surface area (Å²) in [4.78, 5) is 15.6. The van der Waals surface area contributed by atoms with E-state index in [1.54, 1.807) is 13.2 Å². The number of nitrogens with two attached hydrogens (primary N) is 2. The van der Waals surface area contributed by atoms with Crippen LogP contribution < -0.4 is 16.9 Å². The maximum Gasteiger partial charge on any atom is 0.229 e. The van der Waals surface area contributed by atoms with Gasteiger partial charge in [-0.2, -0.15) is 0 Å². The highest BCUT2D eigenvalue weighted by Crippen LogP contribution is 2.39. The van der Waals surface area contributed by atoms with Crippen LogP contribution in [0.5, 0.6) is 0 Å². The molecule has 0 bridgehead atoms. The molecule has 5 N–H and O–H groups in total. The molecule has 6 nitrogen and oxygen atoms in total. The first-order valence-electron chi connectivity index (χ1n) is 12.8. The predicted molar refractivity (Wildman–Crippen MR) is 136 cm³/mol. The van der Waals surface area contributed by atoms with Gasteiger partial charge >= 0.3 is 0 Å². The molecule has 4 rings (SSSR count). The smallest absolute Gasteiger partial charge is 0.229 e. The maximum absolute atomic E-state index is 13.4. The Bertz CT molecular complexity index is 892. The number of unbranched alkanes of at least 4 members (excludes halogenated alkanes) is 1. The normalized spacial score (nSPS) is 27.3. The zero-order valence-electron chi connectivity index (χ0n) is 20.3. The summed E-state index contributed by atoms with van der Waals surface area (Å²) < 4.78 is 0. The zero-order chi connectivity index (χ0) is 23.4. The van der Waals surface area contributed by atoms with E-state index in [1.807, 2.05) is 0 Å². The van der Waals surface area contributed by atoms with Gasteiger partial charge in [-0.15, -0.1) is 0 Å².